The van der Waals surface area contributed by atoms with Crippen LogP contribution in [0.4, 0.5) is 0 Å². The van der Waals surface area contributed by atoms with Crippen molar-refractivity contribution in [3.63, 3.8) is 0 Å². The van der Waals surface area contributed by atoms with Gasteiger partial charge in [-0.25, -0.2) is 0 Å². The maximum Gasteiger partial charge on any atom is 0.122 e. The molecule has 0 aromatic heterocycles. The molecule has 0 amide bonds. The van der Waals surface area contributed by atoms with Crippen LogP contribution in [-0.4, -0.2) is 13.2 Å². The van der Waals surface area contributed by atoms with Gasteiger partial charge in [-0.15, -0.1) is 0 Å². The van der Waals surface area contributed by atoms with Gasteiger partial charge in [0.1, 0.15) is 11.5 Å². The van der Waals surface area contributed by atoms with Crippen molar-refractivity contribution < 1.29 is 9.47 Å². The number of aryl methyl sites for hydroxylation is 1. The number of hydrogen-bond donors (Lipinski definition) is 0. The Morgan fingerprint density at radius 2 is 2.00 bits per heavy atom. The van der Waals surface area contributed by atoms with Crippen LogP contribution in [0, 0.1) is 6.92 Å². The van der Waals surface area contributed by atoms with E-state index in [1.807, 2.05) is 0 Å². The van der Waals surface area contributed by atoms with Gasteiger partial charge in [-0.2, -0.15) is 0 Å². The van der Waals surface area contributed by atoms with Crippen LogP contribution in [0.25, 0.3) is 0 Å². The highest BCUT2D eigenvalue weighted by atomic mass is 16.5. The lowest BCUT2D eigenvalue weighted by Gasteiger charge is -2.10. The van der Waals surface area contributed by atoms with Gasteiger partial charge < -0.3 is 9.47 Å². The van der Waals surface area contributed by atoms with E-state index in [4.69, 9.17) is 9.47 Å². The summed E-state index contributed by atoms with van der Waals surface area (Å²) in [6.07, 6.45) is 2.07. The molecule has 0 N–H and O–H groups in total. The average Bonchev–Trinajstić information content (AvgIpc) is 3.05. The van der Waals surface area contributed by atoms with Crippen molar-refractivity contribution in [3.8, 4) is 11.5 Å². The SMILES string of the molecule is Cc1ccc2c(c1)C(Cc1ccc3c(c1)OCC3)CO2. The first-order valence-corrected chi connectivity index (χ1v) is 7.27. The predicted molar refractivity (Wildman–Crippen MR) is 78.8 cm³/mol. The number of ether oxygens (including phenoxy) is 2. The number of hydrogen-bond acceptors (Lipinski definition) is 2. The third-order valence-electron chi connectivity index (χ3n) is 4.29. The second-order valence-corrected chi connectivity index (χ2v) is 5.79. The molecule has 2 aromatic rings. The Labute approximate surface area is 119 Å². The van der Waals surface area contributed by atoms with Crippen molar-refractivity contribution in [1.29, 1.82) is 0 Å². The van der Waals surface area contributed by atoms with Crippen LogP contribution in [0.1, 0.15) is 28.2 Å². The Bertz CT molecular complexity index is 660. The molecule has 4 rings (SSSR count). The molecule has 2 heteroatoms. The minimum Gasteiger partial charge on any atom is -0.493 e. The topological polar surface area (TPSA) is 18.5 Å². The molecule has 2 aliphatic heterocycles. The zero-order chi connectivity index (χ0) is 13.5. The highest BCUT2D eigenvalue weighted by Crippen LogP contribution is 2.37. The van der Waals surface area contributed by atoms with Crippen molar-refractivity contribution >= 4 is 0 Å². The molecular formula is C18H18O2. The standard InChI is InChI=1S/C18H18O2/c1-12-2-5-17-16(8-12)15(11-20-17)9-13-3-4-14-6-7-19-18(14)10-13/h2-5,8,10,15H,6-7,9,11H2,1H3. The Hall–Kier alpha value is -1.96. The lowest BCUT2D eigenvalue weighted by atomic mass is 9.92. The second-order valence-electron chi connectivity index (χ2n) is 5.79. The van der Waals surface area contributed by atoms with Gasteiger partial charge in [-0.05, 0) is 36.6 Å². The van der Waals surface area contributed by atoms with Crippen LogP contribution < -0.4 is 9.47 Å². The molecule has 0 spiro atoms. The van der Waals surface area contributed by atoms with Gasteiger partial charge in [-0.3, -0.25) is 0 Å². The molecule has 1 atom stereocenters. The van der Waals surface area contributed by atoms with E-state index < -0.39 is 0 Å². The normalized spacial score (nSPS) is 19.1. The molecule has 0 radical (unpaired) electrons. The van der Waals surface area contributed by atoms with Gasteiger partial charge in [0.05, 0.1) is 13.2 Å². The lowest BCUT2D eigenvalue weighted by molar-refractivity contribution is 0.329. The van der Waals surface area contributed by atoms with E-state index in [1.54, 1.807) is 0 Å². The number of rotatable bonds is 2. The molecule has 2 aromatic carbocycles. The highest BCUT2D eigenvalue weighted by molar-refractivity contribution is 5.45. The van der Waals surface area contributed by atoms with E-state index in [9.17, 15) is 0 Å². The summed E-state index contributed by atoms with van der Waals surface area (Å²) >= 11 is 0. The first kappa shape index (κ1) is 11.8. The van der Waals surface area contributed by atoms with E-state index in [2.05, 4.69) is 43.3 Å². The molecule has 20 heavy (non-hydrogen) atoms. The maximum atomic E-state index is 5.80. The van der Waals surface area contributed by atoms with Gasteiger partial charge in [0, 0.05) is 17.9 Å². The molecule has 2 heterocycles. The molecular weight excluding hydrogens is 248 g/mol. The fourth-order valence-corrected chi connectivity index (χ4v) is 3.19. The van der Waals surface area contributed by atoms with Crippen LogP contribution in [0.5, 0.6) is 11.5 Å². The van der Waals surface area contributed by atoms with E-state index in [0.717, 1.165) is 37.6 Å². The molecule has 2 nitrogen and oxygen atoms in total. The predicted octanol–water partition coefficient (Wildman–Crippen LogP) is 3.65. The largest absolute Gasteiger partial charge is 0.493 e. The van der Waals surface area contributed by atoms with E-state index in [1.165, 1.54) is 22.3 Å². The van der Waals surface area contributed by atoms with Gasteiger partial charge in [0.2, 0.25) is 0 Å². The van der Waals surface area contributed by atoms with Crippen molar-refractivity contribution in [2.75, 3.05) is 13.2 Å². The summed E-state index contributed by atoms with van der Waals surface area (Å²) in [7, 11) is 0. The molecule has 0 saturated carbocycles. The maximum absolute atomic E-state index is 5.80. The van der Waals surface area contributed by atoms with Crippen LogP contribution in [0.3, 0.4) is 0 Å². The third kappa shape index (κ3) is 1.96. The Balaban J connectivity index is 1.60. The summed E-state index contributed by atoms with van der Waals surface area (Å²) in [5, 5.41) is 0. The summed E-state index contributed by atoms with van der Waals surface area (Å²) in [6.45, 7) is 3.75. The van der Waals surface area contributed by atoms with Gasteiger partial charge in [0.25, 0.3) is 0 Å². The van der Waals surface area contributed by atoms with E-state index in [-0.39, 0.29) is 0 Å². The Kier molecular flexibility index (Phi) is 2.69. The fraction of sp³-hybridized carbons (Fsp3) is 0.333. The second kappa shape index (κ2) is 4.55. The summed E-state index contributed by atoms with van der Waals surface area (Å²) in [5.74, 6) is 2.59. The average molecular weight is 266 g/mol. The molecule has 0 aliphatic carbocycles. The number of fused-ring (bicyclic) bond motifs is 2. The minimum atomic E-state index is 0.462. The first-order valence-electron chi connectivity index (χ1n) is 7.27. The summed E-state index contributed by atoms with van der Waals surface area (Å²) in [6, 6.07) is 13.1. The molecule has 0 bridgehead atoms. The lowest BCUT2D eigenvalue weighted by Crippen LogP contribution is -2.04. The van der Waals surface area contributed by atoms with Crippen LogP contribution in [0.2, 0.25) is 0 Å². The van der Waals surface area contributed by atoms with Crippen LogP contribution >= 0.6 is 0 Å². The van der Waals surface area contributed by atoms with Gasteiger partial charge in [-0.1, -0.05) is 29.8 Å². The minimum absolute atomic E-state index is 0.462. The molecule has 2 aliphatic rings. The third-order valence-corrected chi connectivity index (χ3v) is 4.29. The van der Waals surface area contributed by atoms with Crippen LogP contribution in [-0.2, 0) is 12.8 Å². The van der Waals surface area contributed by atoms with E-state index >= 15 is 0 Å². The molecule has 102 valence electrons. The van der Waals surface area contributed by atoms with E-state index in [0.29, 0.717) is 5.92 Å². The Morgan fingerprint density at radius 1 is 1.05 bits per heavy atom. The zero-order valence-electron chi connectivity index (χ0n) is 11.7. The first-order chi connectivity index (χ1) is 9.79. The molecule has 1 unspecified atom stereocenters. The van der Waals surface area contributed by atoms with Crippen molar-refractivity contribution in [2.24, 2.45) is 0 Å². The molecule has 0 fully saturated rings. The fourth-order valence-electron chi connectivity index (χ4n) is 3.19. The number of benzene rings is 2. The summed E-state index contributed by atoms with van der Waals surface area (Å²) < 4.78 is 11.5. The van der Waals surface area contributed by atoms with Gasteiger partial charge >= 0.3 is 0 Å². The zero-order valence-corrected chi connectivity index (χ0v) is 11.7. The monoisotopic (exact) mass is 266 g/mol. The molecule has 0 saturated heterocycles. The smallest absolute Gasteiger partial charge is 0.122 e. The summed E-state index contributed by atoms with van der Waals surface area (Å²) in [5.41, 5.74) is 5.34. The van der Waals surface area contributed by atoms with Crippen molar-refractivity contribution in [1.82, 2.24) is 0 Å². The summed E-state index contributed by atoms with van der Waals surface area (Å²) in [4.78, 5) is 0. The van der Waals surface area contributed by atoms with Crippen molar-refractivity contribution in [2.45, 2.75) is 25.7 Å². The van der Waals surface area contributed by atoms with Crippen molar-refractivity contribution in [3.05, 3.63) is 58.7 Å². The van der Waals surface area contributed by atoms with Crippen LogP contribution in [0.15, 0.2) is 36.4 Å². The Morgan fingerprint density at radius 3 is 2.95 bits per heavy atom. The quantitative estimate of drug-likeness (QED) is 0.826. The highest BCUT2D eigenvalue weighted by Gasteiger charge is 2.25. The van der Waals surface area contributed by atoms with Gasteiger partial charge in [0.15, 0.2) is 0 Å².